The first-order chi connectivity index (χ1) is 49.1. The van der Waals surface area contributed by atoms with Gasteiger partial charge in [-0.05, 0) is 0 Å². The summed E-state index contributed by atoms with van der Waals surface area (Å²) in [6.07, 6.45) is -71.1. The molecule has 0 bridgehead atoms. The molecule has 0 saturated carbocycles. The third-order valence-corrected chi connectivity index (χ3v) is 18.3. The Bertz CT molecular complexity index is 2710. The van der Waals surface area contributed by atoms with E-state index in [2.05, 4.69) is 26.6 Å². The normalized spacial score (nSPS) is 44.0. The van der Waals surface area contributed by atoms with Crippen molar-refractivity contribution in [3.8, 4) is 0 Å². The summed E-state index contributed by atoms with van der Waals surface area (Å²) in [4.78, 5) is 62.3. The van der Waals surface area contributed by atoms with Gasteiger partial charge < -0.3 is 205 Å². The van der Waals surface area contributed by atoms with Crippen LogP contribution in [0.5, 0.6) is 0 Å². The van der Waals surface area contributed by atoms with Gasteiger partial charge in [0.1, 0.15) is 189 Å². The molecule has 46 nitrogen and oxygen atoms in total. The maximum absolute atomic E-state index is 12.9. The van der Waals surface area contributed by atoms with Gasteiger partial charge in [-0.2, -0.15) is 0 Å². The van der Waals surface area contributed by atoms with Crippen molar-refractivity contribution >= 4 is 29.5 Å². The van der Waals surface area contributed by atoms with Crippen molar-refractivity contribution in [3.63, 3.8) is 0 Å². The third-order valence-electron chi connectivity index (χ3n) is 18.3. The van der Waals surface area contributed by atoms with Crippen LogP contribution in [0.3, 0.4) is 0 Å². The summed E-state index contributed by atoms with van der Waals surface area (Å²) < 4.78 is 83.6. The van der Waals surface area contributed by atoms with E-state index in [-0.39, 0.29) is 0 Å². The Kier molecular flexibility index (Phi) is 32.7. The molecular formula is C58H99N5O41. The lowest BCUT2D eigenvalue weighted by Crippen LogP contribution is -2.70. The molecule has 0 unspecified atom stereocenters. The van der Waals surface area contributed by atoms with E-state index < -0.39 is 328 Å². The minimum Gasteiger partial charge on any atom is -0.394 e. The Morgan fingerprint density at radius 3 is 1.09 bits per heavy atom. The Labute approximate surface area is 590 Å². The molecule has 602 valence electrons. The van der Waals surface area contributed by atoms with Crippen LogP contribution in [0, 0.1) is 0 Å². The zero-order chi connectivity index (χ0) is 77.2. The van der Waals surface area contributed by atoms with Gasteiger partial charge in [-0.25, -0.2) is 0 Å². The second kappa shape index (κ2) is 39.0. The van der Waals surface area contributed by atoms with Crippen LogP contribution in [0.15, 0.2) is 0 Å². The lowest BCUT2D eigenvalue weighted by molar-refractivity contribution is -0.395. The fourth-order valence-electron chi connectivity index (χ4n) is 12.9. The number of aliphatic hydroxyl groups excluding tert-OH is 22. The van der Waals surface area contributed by atoms with E-state index in [1.54, 1.807) is 0 Å². The molecule has 104 heavy (non-hydrogen) atoms. The Morgan fingerprint density at radius 2 is 0.663 bits per heavy atom. The van der Waals surface area contributed by atoms with Crippen LogP contribution in [0.1, 0.15) is 34.6 Å². The molecule has 27 N–H and O–H groups in total. The summed E-state index contributed by atoms with van der Waals surface area (Å²) in [7, 11) is 0. The van der Waals surface area contributed by atoms with Crippen molar-refractivity contribution in [3.05, 3.63) is 0 Å². The maximum atomic E-state index is 12.9. The van der Waals surface area contributed by atoms with E-state index in [1.165, 1.54) is 0 Å². The van der Waals surface area contributed by atoms with Gasteiger partial charge in [0.15, 0.2) is 44.0 Å². The van der Waals surface area contributed by atoms with Crippen LogP contribution in [0.4, 0.5) is 0 Å². The van der Waals surface area contributed by atoms with Gasteiger partial charge in [0.05, 0.1) is 65.5 Å². The number of hydrogen-bond donors (Lipinski definition) is 27. The Balaban J connectivity index is 1.30. The number of aliphatic hydroxyl groups is 22. The standard InChI is InChI=1S/C58H99N5O41/c1-15(71)59-20(6-64)33(77)47(21(76)7-65)100-55-32(63-19(5)75)43(87)48(26(12-70)97-55)101-56-46(90)49(102-58-51(44(88)37(81)25(11-69)96-58)104-54-31(62-18(4)74)42(86)36(80)24(10-68)95-54)39(83)28(98-56)14-92-57-50(103-53-30(61-17(3)73)41(85)35(79)23(9-67)94-53)45(89)38(82)27(99-57)13-91-52-29(60-16(2)72)40(84)34(78)22(8-66)93-52/h20-58,64-70,76-90H,6-14H2,1-5H3,(H,59,71)(H,60,72)(H,61,73)(H,62,74)(H,63,75)/t20-,21+,22+,23+,24+,25+,26+,27+,28+,29+,30+,31+,32+,33+,34+,35+,36+,37+,38+,39+,40+,41+,42+,43+,44-,45-,46-,47+,48+,49-,50-,51-,52+,53-,54-,55-,56-,57-,58+/m0/s1. The van der Waals surface area contributed by atoms with Crippen LogP contribution in [0.2, 0.25) is 0 Å². The van der Waals surface area contributed by atoms with Crippen molar-refractivity contribution in [2.24, 2.45) is 0 Å². The zero-order valence-corrected chi connectivity index (χ0v) is 56.5. The van der Waals surface area contributed by atoms with Crippen molar-refractivity contribution in [1.29, 1.82) is 0 Å². The van der Waals surface area contributed by atoms with E-state index in [0.717, 1.165) is 34.6 Å². The summed E-state index contributed by atoms with van der Waals surface area (Å²) in [5.41, 5.74) is 0. The summed E-state index contributed by atoms with van der Waals surface area (Å²) in [6.45, 7) is -4.77. The van der Waals surface area contributed by atoms with Crippen molar-refractivity contribution in [1.82, 2.24) is 26.6 Å². The molecule has 7 fully saturated rings. The maximum Gasteiger partial charge on any atom is 0.217 e. The molecular weight excluding hydrogens is 1420 g/mol. The highest BCUT2D eigenvalue weighted by atomic mass is 16.8. The van der Waals surface area contributed by atoms with Gasteiger partial charge in [0.2, 0.25) is 29.5 Å². The van der Waals surface area contributed by atoms with Gasteiger partial charge in [-0.1, -0.05) is 0 Å². The van der Waals surface area contributed by atoms with E-state index in [9.17, 15) is 136 Å². The first-order valence-electron chi connectivity index (χ1n) is 33.0. The number of amides is 5. The highest BCUT2D eigenvalue weighted by molar-refractivity contribution is 5.75. The summed E-state index contributed by atoms with van der Waals surface area (Å²) in [5, 5.41) is 255. The summed E-state index contributed by atoms with van der Waals surface area (Å²) >= 11 is 0. The zero-order valence-electron chi connectivity index (χ0n) is 56.5. The largest absolute Gasteiger partial charge is 0.394 e. The Hall–Kier alpha value is -4.09. The molecule has 0 aromatic rings. The quantitative estimate of drug-likeness (QED) is 0.0306. The second-order valence-corrected chi connectivity index (χ2v) is 25.9. The molecule has 7 heterocycles. The number of carbonyl (C=O) groups is 5. The molecule has 7 aliphatic rings. The fourth-order valence-corrected chi connectivity index (χ4v) is 12.9. The summed E-state index contributed by atoms with van der Waals surface area (Å²) in [5.74, 6) is -4.30. The third kappa shape index (κ3) is 20.5. The van der Waals surface area contributed by atoms with E-state index in [4.69, 9.17) is 66.3 Å². The summed E-state index contributed by atoms with van der Waals surface area (Å²) in [6, 6.07) is -8.77. The monoisotopic (exact) mass is 1520 g/mol. The van der Waals surface area contributed by atoms with Crippen LogP contribution in [0.25, 0.3) is 0 Å². The topological polar surface area (TPSA) is 720 Å². The number of carbonyl (C=O) groups excluding carboxylic acids is 5. The van der Waals surface area contributed by atoms with Crippen molar-refractivity contribution in [2.45, 2.75) is 274 Å². The number of nitrogens with one attached hydrogen (secondary N) is 5. The van der Waals surface area contributed by atoms with Gasteiger partial charge >= 0.3 is 0 Å². The molecule has 7 rings (SSSR count). The lowest BCUT2D eigenvalue weighted by Gasteiger charge is -2.50. The van der Waals surface area contributed by atoms with Gasteiger partial charge in [-0.15, -0.1) is 0 Å². The number of rotatable bonds is 31. The average Bonchev–Trinajstić information content (AvgIpc) is 0.773. The molecule has 0 spiro atoms. The predicted molar refractivity (Wildman–Crippen MR) is 325 cm³/mol. The smallest absolute Gasteiger partial charge is 0.217 e. The molecule has 0 aromatic heterocycles. The first kappa shape index (κ1) is 87.1. The number of ether oxygens (including phenoxy) is 14. The molecule has 39 atom stereocenters. The van der Waals surface area contributed by atoms with Crippen molar-refractivity contribution < 1.29 is 203 Å². The molecule has 0 aromatic carbocycles. The average molecular weight is 1520 g/mol. The fraction of sp³-hybridized carbons (Fsp3) is 0.914. The molecule has 0 radical (unpaired) electrons. The highest BCUT2D eigenvalue weighted by Gasteiger charge is 2.59. The first-order valence-corrected chi connectivity index (χ1v) is 33.0. The van der Waals surface area contributed by atoms with Gasteiger partial charge in [-0.3, -0.25) is 24.0 Å². The van der Waals surface area contributed by atoms with E-state index in [0.29, 0.717) is 0 Å². The Morgan fingerprint density at radius 1 is 0.327 bits per heavy atom. The molecule has 46 heteroatoms. The van der Waals surface area contributed by atoms with Gasteiger partial charge in [0.25, 0.3) is 0 Å². The van der Waals surface area contributed by atoms with E-state index >= 15 is 0 Å². The van der Waals surface area contributed by atoms with Crippen LogP contribution in [-0.2, 0) is 90.3 Å². The molecule has 7 saturated heterocycles. The van der Waals surface area contributed by atoms with Gasteiger partial charge in [0, 0.05) is 34.6 Å². The second-order valence-electron chi connectivity index (χ2n) is 25.9. The van der Waals surface area contributed by atoms with Crippen molar-refractivity contribution in [2.75, 3.05) is 59.5 Å². The SMILES string of the molecule is CC(=O)N[C@H]1[C@H](O[C@@H]([C@H](O)[C@H](CO)NC(C)=O)[C@H](O)CO)O[C@H](CO)[C@@H](O[C@@H]2O[C@H](CO[C@H]3O[C@H](CO[C@@H]4O[C@H](CO)[C@@H](O)[C@H](O)[C@H]4NC(C)=O)[C@@H](O)[C@H](O)[C@@H]3O[C@@H]3O[C@H](CO)[C@@H](O)[C@H](O)[C@H]3NC(C)=O)[C@@H](O)[C@H](O[C@H]3O[C@H](CO)[C@@H](O)[C@H](O)[C@@H]3O[C@@H]3O[C@H](CO)[C@@H](O)[C@H](O)[C@H]3NC(C)=O)[C@@H]2O)[C@@H]1O. The minimum absolute atomic E-state index is 0.789. The minimum atomic E-state index is -2.55. The lowest BCUT2D eigenvalue weighted by atomic mass is 9.94. The highest BCUT2D eigenvalue weighted by Crippen LogP contribution is 2.38. The van der Waals surface area contributed by atoms with Crippen LogP contribution in [-0.4, -0.2) is 440 Å². The van der Waals surface area contributed by atoms with Crippen LogP contribution < -0.4 is 26.6 Å². The predicted octanol–water partition coefficient (Wildman–Crippen LogP) is -18.1. The van der Waals surface area contributed by atoms with Crippen LogP contribution >= 0.6 is 0 Å². The molecule has 7 aliphatic heterocycles. The molecule has 5 amide bonds. The van der Waals surface area contributed by atoms with E-state index in [1.807, 2.05) is 0 Å². The molecule has 0 aliphatic carbocycles. The number of hydrogen-bond acceptors (Lipinski definition) is 41.